The molecule has 136 valence electrons. The van der Waals surface area contributed by atoms with Gasteiger partial charge in [0.15, 0.2) is 5.82 Å². The maximum Gasteiger partial charge on any atom is 0.241 e. The van der Waals surface area contributed by atoms with Crippen LogP contribution < -0.4 is 4.72 Å². The molecule has 0 amide bonds. The summed E-state index contributed by atoms with van der Waals surface area (Å²) in [6.45, 7) is 1.04. The zero-order chi connectivity index (χ0) is 18.1. The smallest absolute Gasteiger partial charge is 0.241 e. The highest BCUT2D eigenvalue weighted by Crippen LogP contribution is 2.28. The van der Waals surface area contributed by atoms with Gasteiger partial charge in [-0.05, 0) is 24.3 Å². The molecule has 2 aromatic carbocycles. The van der Waals surface area contributed by atoms with Crippen molar-refractivity contribution in [3.8, 4) is 0 Å². The van der Waals surface area contributed by atoms with Crippen molar-refractivity contribution in [3.05, 3.63) is 54.1 Å². The molecule has 2 heterocycles. The lowest BCUT2D eigenvalue weighted by atomic mass is 10.1. The first kappa shape index (κ1) is 17.1. The molecule has 1 aromatic heterocycles. The van der Waals surface area contributed by atoms with E-state index >= 15 is 0 Å². The monoisotopic (exact) mass is 372 g/mol. The predicted octanol–water partition coefficient (Wildman–Crippen LogP) is 2.39. The van der Waals surface area contributed by atoms with Gasteiger partial charge in [-0.3, -0.25) is 0 Å². The molecular formula is C18H20N4O3S. The van der Waals surface area contributed by atoms with Crippen molar-refractivity contribution in [2.75, 3.05) is 7.11 Å². The van der Waals surface area contributed by atoms with E-state index < -0.39 is 16.1 Å². The number of sulfonamides is 1. The number of aromatic nitrogens is 3. The van der Waals surface area contributed by atoms with Gasteiger partial charge in [0.1, 0.15) is 12.4 Å². The van der Waals surface area contributed by atoms with Gasteiger partial charge in [-0.25, -0.2) is 22.8 Å². The molecule has 7 nitrogen and oxygen atoms in total. The third-order valence-electron chi connectivity index (χ3n) is 4.53. The van der Waals surface area contributed by atoms with Gasteiger partial charge in [0.05, 0.1) is 10.9 Å². The normalized spacial score (nSPS) is 17.3. The molecule has 1 atom stereocenters. The van der Waals surface area contributed by atoms with Crippen LogP contribution in [0, 0.1) is 0 Å². The van der Waals surface area contributed by atoms with Crippen LogP contribution in [0.2, 0.25) is 0 Å². The largest absolute Gasteiger partial charge is 0.377 e. The molecule has 0 radical (unpaired) electrons. The molecule has 4 rings (SSSR count). The zero-order valence-electron chi connectivity index (χ0n) is 14.4. The lowest BCUT2D eigenvalue weighted by Gasteiger charge is -2.23. The molecule has 0 spiro atoms. The molecule has 0 saturated carbocycles. The lowest BCUT2D eigenvalue weighted by Crippen LogP contribution is -2.33. The molecule has 8 heteroatoms. The van der Waals surface area contributed by atoms with E-state index in [2.05, 4.69) is 14.8 Å². The Hall–Kier alpha value is -2.29. The molecule has 0 aliphatic carbocycles. The summed E-state index contributed by atoms with van der Waals surface area (Å²) >= 11 is 0. The number of fused-ring (bicyclic) bond motifs is 2. The minimum Gasteiger partial charge on any atom is -0.377 e. The van der Waals surface area contributed by atoms with Gasteiger partial charge in [-0.2, -0.15) is 5.10 Å². The van der Waals surface area contributed by atoms with Crippen LogP contribution in [0.3, 0.4) is 0 Å². The van der Waals surface area contributed by atoms with Crippen LogP contribution in [0.5, 0.6) is 0 Å². The minimum absolute atomic E-state index is 0.282. The van der Waals surface area contributed by atoms with Gasteiger partial charge in [0.2, 0.25) is 10.0 Å². The summed E-state index contributed by atoms with van der Waals surface area (Å²) in [5.74, 6) is 1.21. The third-order valence-corrected chi connectivity index (χ3v) is 6.06. The van der Waals surface area contributed by atoms with Gasteiger partial charge in [0, 0.05) is 19.0 Å². The molecule has 0 bridgehead atoms. The summed E-state index contributed by atoms with van der Waals surface area (Å²) in [5.41, 5.74) is 0. The Balaban J connectivity index is 1.69. The molecule has 1 unspecified atom stereocenters. The van der Waals surface area contributed by atoms with Crippen molar-refractivity contribution in [3.63, 3.8) is 0 Å². The average Bonchev–Trinajstić information content (AvgIpc) is 3.05. The molecular weight excluding hydrogens is 352 g/mol. The fourth-order valence-corrected chi connectivity index (χ4v) is 4.84. The molecule has 0 saturated heterocycles. The first-order valence-corrected chi connectivity index (χ1v) is 9.99. The van der Waals surface area contributed by atoms with E-state index in [-0.39, 0.29) is 4.90 Å². The molecule has 1 aliphatic rings. The second-order valence-corrected chi connectivity index (χ2v) is 8.02. The Morgan fingerprint density at radius 3 is 2.88 bits per heavy atom. The Labute approximate surface area is 152 Å². The van der Waals surface area contributed by atoms with E-state index in [9.17, 15) is 8.42 Å². The number of benzene rings is 2. The number of aryl methyl sites for hydroxylation is 1. The van der Waals surface area contributed by atoms with E-state index in [0.29, 0.717) is 30.1 Å². The van der Waals surface area contributed by atoms with Crippen LogP contribution in [-0.4, -0.2) is 30.3 Å². The number of methoxy groups -OCH3 is 1. The van der Waals surface area contributed by atoms with Crippen LogP contribution in [0.15, 0.2) is 47.4 Å². The molecule has 26 heavy (non-hydrogen) atoms. The van der Waals surface area contributed by atoms with Crippen molar-refractivity contribution < 1.29 is 13.2 Å². The lowest BCUT2D eigenvalue weighted by molar-refractivity contribution is 0.177. The van der Waals surface area contributed by atoms with E-state index in [1.807, 2.05) is 30.3 Å². The maximum atomic E-state index is 13.1. The number of nitrogens with one attached hydrogen (secondary N) is 1. The summed E-state index contributed by atoms with van der Waals surface area (Å²) < 4.78 is 35.8. The van der Waals surface area contributed by atoms with Gasteiger partial charge in [-0.15, -0.1) is 0 Å². The third kappa shape index (κ3) is 3.11. The van der Waals surface area contributed by atoms with Gasteiger partial charge >= 0.3 is 0 Å². The summed E-state index contributed by atoms with van der Waals surface area (Å²) in [5, 5.41) is 5.99. The highest BCUT2D eigenvalue weighted by Gasteiger charge is 2.29. The van der Waals surface area contributed by atoms with E-state index in [0.717, 1.165) is 18.4 Å². The molecule has 0 fully saturated rings. The predicted molar refractivity (Wildman–Crippen MR) is 97.0 cm³/mol. The van der Waals surface area contributed by atoms with Crippen molar-refractivity contribution in [2.45, 2.75) is 36.9 Å². The Kier molecular flexibility index (Phi) is 4.47. The highest BCUT2D eigenvalue weighted by atomic mass is 32.2. The standard InChI is InChI=1S/C18H20N4O3S/c1-25-12-17-19-18-15(9-5-11-22(18)20-17)21-26(23,24)16-10-4-7-13-6-2-3-8-14(13)16/h2-4,6-8,10,15,21H,5,9,11-12H2,1H3. The average molecular weight is 372 g/mol. The number of ether oxygens (including phenoxy) is 1. The molecule has 1 aliphatic heterocycles. The Morgan fingerprint density at radius 1 is 1.23 bits per heavy atom. The van der Waals surface area contributed by atoms with Gasteiger partial charge < -0.3 is 4.74 Å². The van der Waals surface area contributed by atoms with Crippen molar-refractivity contribution in [1.82, 2.24) is 19.5 Å². The maximum absolute atomic E-state index is 13.1. The van der Waals surface area contributed by atoms with Crippen molar-refractivity contribution in [2.24, 2.45) is 0 Å². The summed E-state index contributed by atoms with van der Waals surface area (Å²) in [6.07, 6.45) is 1.53. The molecule has 1 N–H and O–H groups in total. The second-order valence-electron chi connectivity index (χ2n) is 6.34. The minimum atomic E-state index is -3.69. The van der Waals surface area contributed by atoms with Crippen LogP contribution in [0.4, 0.5) is 0 Å². The van der Waals surface area contributed by atoms with Crippen LogP contribution >= 0.6 is 0 Å². The van der Waals surface area contributed by atoms with Crippen LogP contribution in [0.25, 0.3) is 10.8 Å². The van der Waals surface area contributed by atoms with Crippen molar-refractivity contribution >= 4 is 20.8 Å². The van der Waals surface area contributed by atoms with Crippen LogP contribution in [-0.2, 0) is 27.9 Å². The number of hydrogen-bond donors (Lipinski definition) is 1. The van der Waals surface area contributed by atoms with Gasteiger partial charge in [0.25, 0.3) is 0 Å². The Morgan fingerprint density at radius 2 is 2.04 bits per heavy atom. The first-order chi connectivity index (χ1) is 12.6. The van der Waals surface area contributed by atoms with Crippen molar-refractivity contribution in [1.29, 1.82) is 0 Å². The van der Waals surface area contributed by atoms with E-state index in [1.165, 1.54) is 0 Å². The SMILES string of the molecule is COCc1nc2n(n1)CCCC2NS(=O)(=O)c1cccc2ccccc12. The quantitative estimate of drug-likeness (QED) is 0.743. The Bertz CT molecular complexity index is 1040. The fraction of sp³-hybridized carbons (Fsp3) is 0.333. The number of hydrogen-bond acceptors (Lipinski definition) is 5. The fourth-order valence-electron chi connectivity index (χ4n) is 3.38. The number of nitrogens with zero attached hydrogens (tertiary/aromatic N) is 3. The van der Waals surface area contributed by atoms with Gasteiger partial charge in [-0.1, -0.05) is 36.4 Å². The first-order valence-electron chi connectivity index (χ1n) is 8.51. The number of rotatable bonds is 5. The van der Waals surface area contributed by atoms with E-state index in [4.69, 9.17) is 4.74 Å². The molecule has 3 aromatic rings. The highest BCUT2D eigenvalue weighted by molar-refractivity contribution is 7.89. The topological polar surface area (TPSA) is 86.1 Å². The van der Waals surface area contributed by atoms with Crippen LogP contribution in [0.1, 0.15) is 30.5 Å². The zero-order valence-corrected chi connectivity index (χ0v) is 15.2. The van der Waals surface area contributed by atoms with E-state index in [1.54, 1.807) is 23.9 Å². The summed E-state index contributed by atoms with van der Waals surface area (Å²) in [4.78, 5) is 4.74. The summed E-state index contributed by atoms with van der Waals surface area (Å²) in [6, 6.07) is 12.4. The summed E-state index contributed by atoms with van der Waals surface area (Å²) in [7, 11) is -2.11. The second kappa shape index (κ2) is 6.79.